The summed E-state index contributed by atoms with van der Waals surface area (Å²) in [5, 5.41) is 0.240. The van der Waals surface area contributed by atoms with Crippen molar-refractivity contribution >= 4 is 23.3 Å². The van der Waals surface area contributed by atoms with Crippen LogP contribution in [-0.4, -0.2) is 35.2 Å². The van der Waals surface area contributed by atoms with Crippen molar-refractivity contribution in [1.29, 1.82) is 0 Å². The highest BCUT2D eigenvalue weighted by Crippen LogP contribution is 2.47. The molecule has 1 heterocycles. The van der Waals surface area contributed by atoms with E-state index in [4.69, 9.17) is 21.7 Å². The van der Waals surface area contributed by atoms with Gasteiger partial charge in [0, 0.05) is 24.3 Å². The molecule has 0 spiro atoms. The Morgan fingerprint density at radius 2 is 1.40 bits per heavy atom. The fourth-order valence-electron chi connectivity index (χ4n) is 5.71. The van der Waals surface area contributed by atoms with Crippen LogP contribution < -0.4 is 0 Å². The average Bonchev–Trinajstić information content (AvgIpc) is 3.30. The van der Waals surface area contributed by atoms with Gasteiger partial charge in [0.2, 0.25) is 0 Å². The Kier molecular flexibility index (Phi) is 13.9. The van der Waals surface area contributed by atoms with Gasteiger partial charge in [-0.2, -0.15) is 0 Å². The van der Waals surface area contributed by atoms with Gasteiger partial charge in [-0.3, -0.25) is 9.69 Å². The molecule has 2 aromatic rings. The summed E-state index contributed by atoms with van der Waals surface area (Å²) in [5.41, 5.74) is 1.15. The Hall–Kier alpha value is -2.50. The summed E-state index contributed by atoms with van der Waals surface area (Å²) in [6.07, 6.45) is 16.8. The van der Waals surface area contributed by atoms with E-state index in [0.717, 1.165) is 43.6 Å². The van der Waals surface area contributed by atoms with Crippen LogP contribution in [0.5, 0.6) is 0 Å². The van der Waals surface area contributed by atoms with Gasteiger partial charge >= 0.3 is 0 Å². The highest BCUT2D eigenvalue weighted by Gasteiger charge is 2.57. The molecule has 4 nitrogen and oxygen atoms in total. The lowest BCUT2D eigenvalue weighted by Crippen LogP contribution is -2.49. The van der Waals surface area contributed by atoms with Crippen molar-refractivity contribution in [2.75, 3.05) is 13.2 Å². The third kappa shape index (κ3) is 8.75. The van der Waals surface area contributed by atoms with E-state index in [1.807, 2.05) is 42.5 Å². The Morgan fingerprint density at radius 1 is 0.875 bits per heavy atom. The molecular formula is C35H49NO3S. The van der Waals surface area contributed by atoms with Gasteiger partial charge in [0.15, 0.2) is 5.60 Å². The molecule has 2 aromatic carbocycles. The molecule has 1 aliphatic heterocycles. The highest BCUT2D eigenvalue weighted by molar-refractivity contribution is 7.80. The topological polar surface area (TPSA) is 38.8 Å². The molecule has 1 aliphatic rings. The lowest BCUT2D eigenvalue weighted by atomic mass is 9.75. The van der Waals surface area contributed by atoms with Crippen molar-refractivity contribution in [3.63, 3.8) is 0 Å². The second-order valence-corrected chi connectivity index (χ2v) is 11.6. The highest BCUT2D eigenvalue weighted by atomic mass is 32.1. The first-order chi connectivity index (χ1) is 19.5. The summed E-state index contributed by atoms with van der Waals surface area (Å²) < 4.78 is 12.3. The van der Waals surface area contributed by atoms with Crippen LogP contribution in [0.15, 0.2) is 72.8 Å². The normalized spacial score (nSPS) is 16.6. The van der Waals surface area contributed by atoms with Crippen LogP contribution >= 0.6 is 12.2 Å². The predicted molar refractivity (Wildman–Crippen MR) is 169 cm³/mol. The van der Waals surface area contributed by atoms with E-state index in [-0.39, 0.29) is 23.0 Å². The minimum atomic E-state index is -0.851. The van der Waals surface area contributed by atoms with E-state index in [1.54, 1.807) is 11.0 Å². The number of hydrogen-bond donors (Lipinski definition) is 0. The lowest BCUT2D eigenvalue weighted by Gasteiger charge is -2.37. The molecule has 40 heavy (non-hydrogen) atoms. The minimum absolute atomic E-state index is 0.107. The zero-order valence-corrected chi connectivity index (χ0v) is 25.7. The molecule has 5 heteroatoms. The molecule has 0 aromatic heterocycles. The summed E-state index contributed by atoms with van der Waals surface area (Å²) >= 11 is 5.71. The van der Waals surface area contributed by atoms with Crippen LogP contribution in [0.4, 0.5) is 0 Å². The Morgan fingerprint density at radius 3 is 1.95 bits per heavy atom. The maximum atomic E-state index is 13.5. The predicted octanol–water partition coefficient (Wildman–Crippen LogP) is 8.98. The number of carbonyl (C=O) groups is 1. The van der Waals surface area contributed by atoms with Crippen LogP contribution in [0.2, 0.25) is 0 Å². The van der Waals surface area contributed by atoms with Crippen molar-refractivity contribution in [2.45, 2.75) is 103 Å². The number of nitrogens with zero attached hydrogens (tertiary/aromatic N) is 1. The summed E-state index contributed by atoms with van der Waals surface area (Å²) in [7, 11) is 0. The van der Waals surface area contributed by atoms with Crippen LogP contribution in [0, 0.1) is 5.92 Å². The standard InChI is InChI=1S/C35H49NO3S/c1-4-5-6-11-20-27-38-28-21-12-9-7-8-10-19-26-32(37)36-33(29(2)3)35(39-34(36)40,30-22-15-13-16-23-30)31-24-17-14-18-25-31/h13-19,22-26,29,33H,4-12,20-21,27-28H2,1-3H3/b26-19+/t33-/m0/s1. The summed E-state index contributed by atoms with van der Waals surface area (Å²) in [6, 6.07) is 20.0. The molecule has 1 fully saturated rings. The lowest BCUT2D eigenvalue weighted by molar-refractivity contribution is -0.124. The van der Waals surface area contributed by atoms with E-state index in [2.05, 4.69) is 45.0 Å². The maximum absolute atomic E-state index is 13.5. The second kappa shape index (κ2) is 17.3. The minimum Gasteiger partial charge on any atom is -0.452 e. The van der Waals surface area contributed by atoms with Gasteiger partial charge in [-0.25, -0.2) is 0 Å². The molecule has 1 atom stereocenters. The Labute approximate surface area is 248 Å². The molecule has 1 saturated heterocycles. The second-order valence-electron chi connectivity index (χ2n) is 11.2. The Balaban J connectivity index is 1.49. The van der Waals surface area contributed by atoms with Crippen LogP contribution in [0.3, 0.4) is 0 Å². The molecule has 1 amide bonds. The number of benzene rings is 2. The largest absolute Gasteiger partial charge is 0.452 e. The smallest absolute Gasteiger partial charge is 0.268 e. The van der Waals surface area contributed by atoms with Crippen molar-refractivity contribution in [1.82, 2.24) is 4.90 Å². The zero-order chi connectivity index (χ0) is 28.6. The van der Waals surface area contributed by atoms with E-state index in [1.165, 1.54) is 51.4 Å². The number of thiocarbonyl (C=S) groups is 1. The van der Waals surface area contributed by atoms with Gasteiger partial charge in [0.05, 0.1) is 6.04 Å². The third-order valence-electron chi connectivity index (χ3n) is 7.73. The molecule has 218 valence electrons. The molecular weight excluding hydrogens is 514 g/mol. The number of allylic oxidation sites excluding steroid dienone is 1. The number of ether oxygens (including phenoxy) is 2. The van der Waals surface area contributed by atoms with Crippen molar-refractivity contribution in [2.24, 2.45) is 5.92 Å². The molecule has 0 radical (unpaired) electrons. The van der Waals surface area contributed by atoms with Crippen LogP contribution in [-0.2, 0) is 19.9 Å². The fraction of sp³-hybridized carbons (Fsp3) is 0.543. The van der Waals surface area contributed by atoms with E-state index in [0.29, 0.717) is 0 Å². The van der Waals surface area contributed by atoms with Gasteiger partial charge in [-0.05, 0) is 49.9 Å². The average molecular weight is 564 g/mol. The number of unbranched alkanes of at least 4 members (excludes halogenated alkanes) is 9. The molecule has 0 N–H and O–H groups in total. The first-order valence-corrected chi connectivity index (χ1v) is 15.8. The number of rotatable bonds is 18. The first-order valence-electron chi connectivity index (χ1n) is 15.4. The SMILES string of the molecule is CCCCCCCOCCCCCCC/C=C/C(=O)N1C(=S)OC(c2ccccc2)(c2ccccc2)[C@@H]1C(C)C. The van der Waals surface area contributed by atoms with E-state index < -0.39 is 5.60 Å². The number of carbonyl (C=O) groups excluding carboxylic acids is 1. The first kappa shape index (κ1) is 32.0. The van der Waals surface area contributed by atoms with Gasteiger partial charge in [0.25, 0.3) is 11.1 Å². The number of amides is 1. The van der Waals surface area contributed by atoms with Crippen molar-refractivity contribution in [3.05, 3.63) is 83.9 Å². The summed E-state index contributed by atoms with van der Waals surface area (Å²) in [6.45, 7) is 8.29. The van der Waals surface area contributed by atoms with Gasteiger partial charge in [0.1, 0.15) is 0 Å². The monoisotopic (exact) mass is 563 g/mol. The van der Waals surface area contributed by atoms with Gasteiger partial charge in [-0.1, -0.05) is 132 Å². The van der Waals surface area contributed by atoms with Crippen molar-refractivity contribution in [3.8, 4) is 0 Å². The van der Waals surface area contributed by atoms with Crippen molar-refractivity contribution < 1.29 is 14.3 Å². The molecule has 0 aliphatic carbocycles. The molecule has 0 unspecified atom stereocenters. The summed E-state index contributed by atoms with van der Waals surface area (Å²) in [5.74, 6) is 0.00697. The molecule has 0 saturated carbocycles. The summed E-state index contributed by atoms with van der Waals surface area (Å²) in [4.78, 5) is 15.2. The van der Waals surface area contributed by atoms with Crippen LogP contribution in [0.25, 0.3) is 0 Å². The molecule has 3 rings (SSSR count). The van der Waals surface area contributed by atoms with Gasteiger partial charge in [-0.15, -0.1) is 0 Å². The zero-order valence-electron chi connectivity index (χ0n) is 24.9. The van der Waals surface area contributed by atoms with Crippen LogP contribution in [0.1, 0.15) is 103 Å². The number of hydrogen-bond acceptors (Lipinski definition) is 4. The maximum Gasteiger partial charge on any atom is 0.268 e. The Bertz CT molecular complexity index is 998. The van der Waals surface area contributed by atoms with Gasteiger partial charge < -0.3 is 9.47 Å². The quantitative estimate of drug-likeness (QED) is 0.103. The third-order valence-corrected chi connectivity index (χ3v) is 8.01. The fourth-order valence-corrected chi connectivity index (χ4v) is 6.04. The van der Waals surface area contributed by atoms with E-state index in [9.17, 15) is 4.79 Å². The molecule has 0 bridgehead atoms. The van der Waals surface area contributed by atoms with E-state index >= 15 is 0 Å².